The van der Waals surface area contributed by atoms with E-state index in [9.17, 15) is 4.79 Å². The van der Waals surface area contributed by atoms with Crippen molar-refractivity contribution in [1.82, 2.24) is 4.90 Å². The molecule has 2 aromatic rings. The van der Waals surface area contributed by atoms with E-state index in [1.807, 2.05) is 13.1 Å². The van der Waals surface area contributed by atoms with Crippen LogP contribution < -0.4 is 0 Å². The minimum absolute atomic E-state index is 0.140. The van der Waals surface area contributed by atoms with E-state index in [0.29, 0.717) is 0 Å². The zero-order valence-corrected chi connectivity index (χ0v) is 12.7. The normalized spacial score (nSPS) is 14.2. The molecule has 0 aliphatic carbocycles. The van der Waals surface area contributed by atoms with Gasteiger partial charge in [-0.15, -0.1) is 0 Å². The maximum Gasteiger partial charge on any atom is 0.253 e. The van der Waals surface area contributed by atoms with Crippen LogP contribution in [0.15, 0.2) is 42.5 Å². The van der Waals surface area contributed by atoms with Gasteiger partial charge in [-0.05, 0) is 41.2 Å². The Morgan fingerprint density at radius 3 is 2.48 bits per heavy atom. The van der Waals surface area contributed by atoms with Crippen LogP contribution in [-0.4, -0.2) is 24.4 Å². The minimum Gasteiger partial charge on any atom is -0.341 e. The van der Waals surface area contributed by atoms with Crippen LogP contribution in [0, 0.1) is 0 Å². The van der Waals surface area contributed by atoms with Gasteiger partial charge >= 0.3 is 0 Å². The Kier molecular flexibility index (Phi) is 3.78. The molecule has 0 fully saturated rings. The largest absolute Gasteiger partial charge is 0.341 e. The number of hydrogen-bond donors (Lipinski definition) is 0. The molecule has 0 spiro atoms. The summed E-state index contributed by atoms with van der Waals surface area (Å²) in [5.74, 6) is 0.140. The molecule has 1 amide bonds. The number of hydrogen-bond acceptors (Lipinski definition) is 1. The van der Waals surface area contributed by atoms with Gasteiger partial charge in [-0.2, -0.15) is 0 Å². The Labute approximate surface area is 126 Å². The summed E-state index contributed by atoms with van der Waals surface area (Å²) in [5.41, 5.74) is 5.84. The Hall–Kier alpha value is -2.09. The van der Waals surface area contributed by atoms with Crippen molar-refractivity contribution in [3.05, 3.63) is 59.2 Å². The van der Waals surface area contributed by atoms with Crippen molar-refractivity contribution in [2.45, 2.75) is 26.2 Å². The average Bonchev–Trinajstić information content (AvgIpc) is 2.52. The second-order valence-corrected chi connectivity index (χ2v) is 5.80. The molecule has 2 nitrogen and oxygen atoms in total. The fraction of sp³-hybridized carbons (Fsp3) is 0.316. The molecule has 2 aromatic carbocycles. The second kappa shape index (κ2) is 5.72. The molecular formula is C19H21NO. The Morgan fingerprint density at radius 1 is 1.05 bits per heavy atom. The van der Waals surface area contributed by atoms with E-state index < -0.39 is 0 Å². The number of fused-ring (bicyclic) bond motifs is 1. The zero-order valence-electron chi connectivity index (χ0n) is 12.7. The van der Waals surface area contributed by atoms with Crippen molar-refractivity contribution in [3.63, 3.8) is 0 Å². The van der Waals surface area contributed by atoms with Crippen LogP contribution in [0.5, 0.6) is 0 Å². The third-order valence-electron chi connectivity index (χ3n) is 4.22. The monoisotopic (exact) mass is 279 g/mol. The Morgan fingerprint density at radius 2 is 1.76 bits per heavy atom. The number of aryl methyl sites for hydroxylation is 1. The van der Waals surface area contributed by atoms with Gasteiger partial charge in [0, 0.05) is 19.2 Å². The van der Waals surface area contributed by atoms with Gasteiger partial charge in [-0.25, -0.2) is 0 Å². The summed E-state index contributed by atoms with van der Waals surface area (Å²) in [6.45, 7) is 3.01. The first kappa shape index (κ1) is 13.9. The Bertz CT molecular complexity index is 658. The molecule has 0 radical (unpaired) electrons. The molecule has 1 aliphatic heterocycles. The number of rotatable bonds is 3. The standard InChI is InChI=1S/C19H21NO/c1-3-4-14-5-7-15(8-6-14)16-9-10-18-17(13-16)11-12-20(2)19(18)21/h5-10,13H,3-4,11-12H2,1-2H3. The predicted octanol–water partition coefficient (Wildman–Crippen LogP) is 3.93. The maximum atomic E-state index is 12.1. The second-order valence-electron chi connectivity index (χ2n) is 5.80. The first-order valence-electron chi connectivity index (χ1n) is 7.66. The lowest BCUT2D eigenvalue weighted by molar-refractivity contribution is 0.0781. The molecule has 108 valence electrons. The van der Waals surface area contributed by atoms with Crippen molar-refractivity contribution in [1.29, 1.82) is 0 Å². The molecule has 0 aromatic heterocycles. The van der Waals surface area contributed by atoms with E-state index in [1.54, 1.807) is 4.90 Å². The summed E-state index contributed by atoms with van der Waals surface area (Å²) in [6.07, 6.45) is 3.25. The van der Waals surface area contributed by atoms with Crippen LogP contribution in [0.25, 0.3) is 11.1 Å². The van der Waals surface area contributed by atoms with Crippen molar-refractivity contribution in [2.24, 2.45) is 0 Å². The molecule has 0 unspecified atom stereocenters. The van der Waals surface area contributed by atoms with Crippen LogP contribution >= 0.6 is 0 Å². The van der Waals surface area contributed by atoms with Gasteiger partial charge in [0.1, 0.15) is 0 Å². The van der Waals surface area contributed by atoms with E-state index >= 15 is 0 Å². The van der Waals surface area contributed by atoms with Crippen LogP contribution in [0.1, 0.15) is 34.8 Å². The van der Waals surface area contributed by atoms with E-state index in [-0.39, 0.29) is 5.91 Å². The molecule has 3 rings (SSSR count). The molecule has 0 saturated heterocycles. The predicted molar refractivity (Wildman–Crippen MR) is 86.5 cm³/mol. The highest BCUT2D eigenvalue weighted by Crippen LogP contribution is 2.26. The molecule has 0 atom stereocenters. The highest BCUT2D eigenvalue weighted by Gasteiger charge is 2.21. The highest BCUT2D eigenvalue weighted by atomic mass is 16.2. The van der Waals surface area contributed by atoms with Crippen molar-refractivity contribution in [2.75, 3.05) is 13.6 Å². The molecule has 21 heavy (non-hydrogen) atoms. The molecule has 0 bridgehead atoms. The van der Waals surface area contributed by atoms with Crippen LogP contribution in [0.2, 0.25) is 0 Å². The zero-order chi connectivity index (χ0) is 14.8. The summed E-state index contributed by atoms with van der Waals surface area (Å²) in [7, 11) is 1.87. The lowest BCUT2D eigenvalue weighted by Crippen LogP contribution is -2.34. The van der Waals surface area contributed by atoms with Gasteiger partial charge in [0.05, 0.1) is 0 Å². The van der Waals surface area contributed by atoms with Gasteiger partial charge < -0.3 is 4.90 Å². The Balaban J connectivity index is 1.92. The van der Waals surface area contributed by atoms with E-state index in [4.69, 9.17) is 0 Å². The molecular weight excluding hydrogens is 258 g/mol. The average molecular weight is 279 g/mol. The van der Waals surface area contributed by atoms with E-state index in [2.05, 4.69) is 43.3 Å². The molecule has 0 N–H and O–H groups in total. The molecule has 0 saturated carbocycles. The van der Waals surface area contributed by atoms with Gasteiger partial charge in [-0.1, -0.05) is 49.7 Å². The fourth-order valence-electron chi connectivity index (χ4n) is 2.94. The van der Waals surface area contributed by atoms with Gasteiger partial charge in [0.2, 0.25) is 0 Å². The summed E-state index contributed by atoms with van der Waals surface area (Å²) >= 11 is 0. The van der Waals surface area contributed by atoms with Gasteiger partial charge in [0.25, 0.3) is 5.91 Å². The number of benzene rings is 2. The summed E-state index contributed by atoms with van der Waals surface area (Å²) in [6, 6.07) is 15.0. The first-order chi connectivity index (χ1) is 10.2. The number of carbonyl (C=O) groups is 1. The topological polar surface area (TPSA) is 20.3 Å². The molecule has 2 heteroatoms. The number of amides is 1. The summed E-state index contributed by atoms with van der Waals surface area (Å²) in [4.78, 5) is 13.9. The quantitative estimate of drug-likeness (QED) is 0.833. The van der Waals surface area contributed by atoms with Crippen LogP contribution in [-0.2, 0) is 12.8 Å². The summed E-state index contributed by atoms with van der Waals surface area (Å²) < 4.78 is 0. The smallest absolute Gasteiger partial charge is 0.253 e. The number of carbonyl (C=O) groups excluding carboxylic acids is 1. The van der Waals surface area contributed by atoms with Gasteiger partial charge in [-0.3, -0.25) is 4.79 Å². The maximum absolute atomic E-state index is 12.1. The summed E-state index contributed by atoms with van der Waals surface area (Å²) in [5, 5.41) is 0. The molecule has 1 aliphatic rings. The minimum atomic E-state index is 0.140. The van der Waals surface area contributed by atoms with E-state index in [1.165, 1.54) is 28.7 Å². The van der Waals surface area contributed by atoms with Crippen molar-refractivity contribution >= 4 is 5.91 Å². The van der Waals surface area contributed by atoms with Crippen LogP contribution in [0.4, 0.5) is 0 Å². The van der Waals surface area contributed by atoms with Crippen LogP contribution in [0.3, 0.4) is 0 Å². The number of nitrogens with zero attached hydrogens (tertiary/aromatic N) is 1. The first-order valence-corrected chi connectivity index (χ1v) is 7.66. The third kappa shape index (κ3) is 2.71. The lowest BCUT2D eigenvalue weighted by Gasteiger charge is -2.25. The van der Waals surface area contributed by atoms with Crippen molar-refractivity contribution in [3.8, 4) is 11.1 Å². The highest BCUT2D eigenvalue weighted by molar-refractivity contribution is 5.97. The third-order valence-corrected chi connectivity index (χ3v) is 4.22. The SMILES string of the molecule is CCCc1ccc(-c2ccc3c(c2)CCN(C)C3=O)cc1. The fourth-order valence-corrected chi connectivity index (χ4v) is 2.94. The van der Waals surface area contributed by atoms with E-state index in [0.717, 1.165) is 24.9 Å². The molecule has 1 heterocycles. The number of likely N-dealkylation sites (N-methyl/N-ethyl adjacent to an activating group) is 1. The lowest BCUT2D eigenvalue weighted by atomic mass is 9.94. The van der Waals surface area contributed by atoms with Crippen molar-refractivity contribution < 1.29 is 4.79 Å². The van der Waals surface area contributed by atoms with Gasteiger partial charge in [0.15, 0.2) is 0 Å².